The second-order valence-corrected chi connectivity index (χ2v) is 6.77. The van der Waals surface area contributed by atoms with Crippen LogP contribution in [0.15, 0.2) is 97.1 Å². The molecule has 6 nitrogen and oxygen atoms in total. The van der Waals surface area contributed by atoms with E-state index in [4.69, 9.17) is 9.05 Å². The normalized spacial score (nSPS) is 8.94. The van der Waals surface area contributed by atoms with Gasteiger partial charge in [-0.15, -0.1) is 9.05 Å². The van der Waals surface area contributed by atoms with Crippen molar-refractivity contribution in [3.8, 4) is 11.5 Å². The molecule has 0 saturated carbocycles. The van der Waals surface area contributed by atoms with Crippen LogP contribution < -0.4 is 9.05 Å². The van der Waals surface area contributed by atoms with Gasteiger partial charge in [-0.3, -0.25) is 0 Å². The van der Waals surface area contributed by atoms with E-state index in [-0.39, 0.29) is 0 Å². The standard InChI is InChI=1S/2C7H8O3P.C6H6.3C2H6/c2*1-9-11(8)10-7-5-3-2-4-6-7;1-2-4-6-5-3-1;3*1-2/h2*2-6H,1H3;1-6H;3*1-2H3/q2*+1;;;;. The molecule has 0 amide bonds. The number of rotatable bonds is 6. The molecule has 34 heavy (non-hydrogen) atoms. The summed E-state index contributed by atoms with van der Waals surface area (Å²) in [5.41, 5.74) is 0. The van der Waals surface area contributed by atoms with Gasteiger partial charge in [0.25, 0.3) is 0 Å². The van der Waals surface area contributed by atoms with E-state index >= 15 is 0 Å². The molecule has 0 spiro atoms. The van der Waals surface area contributed by atoms with E-state index in [0.717, 1.165) is 0 Å². The maximum absolute atomic E-state index is 10.7. The zero-order chi connectivity index (χ0) is 26.5. The fourth-order valence-corrected chi connectivity index (χ4v) is 2.33. The number of para-hydroxylation sites is 2. The van der Waals surface area contributed by atoms with Crippen LogP contribution in [0.4, 0.5) is 0 Å². The first-order valence-corrected chi connectivity index (χ1v) is 13.3. The van der Waals surface area contributed by atoms with Crippen molar-refractivity contribution in [1.29, 1.82) is 0 Å². The van der Waals surface area contributed by atoms with Crippen LogP contribution in [0.1, 0.15) is 41.5 Å². The Bertz CT molecular complexity index is 708. The van der Waals surface area contributed by atoms with Gasteiger partial charge in [-0.05, 0) is 24.3 Å². The highest BCUT2D eigenvalue weighted by Gasteiger charge is 2.18. The highest BCUT2D eigenvalue weighted by atomic mass is 31.1. The van der Waals surface area contributed by atoms with Gasteiger partial charge in [0.05, 0.1) is 14.2 Å². The van der Waals surface area contributed by atoms with Gasteiger partial charge in [-0.25, -0.2) is 9.05 Å². The summed E-state index contributed by atoms with van der Waals surface area (Å²) in [7, 11) is -1.34. The maximum Gasteiger partial charge on any atom is 0.749 e. The van der Waals surface area contributed by atoms with Crippen LogP contribution in [0.5, 0.6) is 11.5 Å². The van der Waals surface area contributed by atoms with Crippen molar-refractivity contribution in [2.45, 2.75) is 41.5 Å². The Hall–Kier alpha value is -2.62. The Labute approximate surface area is 208 Å². The Morgan fingerprint density at radius 3 is 0.853 bits per heavy atom. The largest absolute Gasteiger partial charge is 0.749 e. The summed E-state index contributed by atoms with van der Waals surface area (Å²) in [5, 5.41) is 0. The molecule has 0 N–H and O–H groups in total. The van der Waals surface area contributed by atoms with Crippen molar-refractivity contribution in [3.05, 3.63) is 97.1 Å². The lowest BCUT2D eigenvalue weighted by Gasteiger charge is -1.87. The molecule has 0 bridgehead atoms. The predicted octanol–water partition coefficient (Wildman–Crippen LogP) is 9.50. The topological polar surface area (TPSA) is 71.1 Å². The Kier molecular flexibility index (Phi) is 32.1. The minimum Gasteiger partial charge on any atom is -0.229 e. The van der Waals surface area contributed by atoms with Crippen LogP contribution in [-0.4, -0.2) is 14.2 Å². The van der Waals surface area contributed by atoms with Crippen molar-refractivity contribution < 1.29 is 27.2 Å². The SMILES string of the molecule is CC.CC.CC.CO[P+](=O)Oc1ccccc1.CO[P+](=O)Oc1ccccc1.c1ccccc1. The molecule has 0 radical (unpaired) electrons. The van der Waals surface area contributed by atoms with Crippen molar-refractivity contribution in [2.75, 3.05) is 14.2 Å². The van der Waals surface area contributed by atoms with Crippen LogP contribution in [-0.2, 0) is 18.2 Å². The van der Waals surface area contributed by atoms with Gasteiger partial charge in [0.1, 0.15) is 0 Å². The molecule has 3 rings (SSSR count). The molecule has 0 aliphatic rings. The van der Waals surface area contributed by atoms with Crippen molar-refractivity contribution in [2.24, 2.45) is 0 Å². The maximum atomic E-state index is 10.7. The number of hydrogen-bond acceptors (Lipinski definition) is 6. The average molecular weight is 511 g/mol. The van der Waals surface area contributed by atoms with E-state index in [9.17, 15) is 9.13 Å². The molecule has 0 saturated heterocycles. The van der Waals surface area contributed by atoms with Gasteiger partial charge < -0.3 is 0 Å². The van der Waals surface area contributed by atoms with Gasteiger partial charge in [0, 0.05) is 9.13 Å². The van der Waals surface area contributed by atoms with E-state index in [2.05, 4.69) is 9.05 Å². The molecule has 2 atom stereocenters. The van der Waals surface area contributed by atoms with Gasteiger partial charge >= 0.3 is 16.5 Å². The minimum absolute atomic E-state index is 0.551. The number of benzene rings is 3. The lowest BCUT2D eigenvalue weighted by Crippen LogP contribution is -1.80. The third-order valence-electron chi connectivity index (χ3n) is 2.81. The van der Waals surface area contributed by atoms with E-state index < -0.39 is 16.5 Å². The highest BCUT2D eigenvalue weighted by Crippen LogP contribution is 2.26. The molecule has 8 heteroatoms. The summed E-state index contributed by atoms with van der Waals surface area (Å²) in [6, 6.07) is 29.8. The summed E-state index contributed by atoms with van der Waals surface area (Å²) in [6.07, 6.45) is 0. The van der Waals surface area contributed by atoms with Crippen molar-refractivity contribution in [1.82, 2.24) is 0 Å². The van der Waals surface area contributed by atoms with Gasteiger partial charge in [-0.1, -0.05) is 114 Å². The lowest BCUT2D eigenvalue weighted by atomic mass is 10.3. The first-order chi connectivity index (χ1) is 16.7. The second-order valence-electron chi connectivity index (χ2n) is 4.78. The first kappa shape index (κ1) is 36.0. The molecule has 0 aliphatic carbocycles. The summed E-state index contributed by atoms with van der Waals surface area (Å²) >= 11 is 0. The summed E-state index contributed by atoms with van der Waals surface area (Å²) < 4.78 is 40.0. The monoisotopic (exact) mass is 510 g/mol. The third kappa shape index (κ3) is 24.0. The zero-order valence-corrected chi connectivity index (χ0v) is 23.4. The molecular formula is C26H40O6P2+2. The Morgan fingerprint density at radius 2 is 0.647 bits per heavy atom. The molecule has 0 fully saturated rings. The summed E-state index contributed by atoms with van der Waals surface area (Å²) in [5.74, 6) is 1.10. The van der Waals surface area contributed by atoms with Gasteiger partial charge in [0.15, 0.2) is 11.5 Å². The van der Waals surface area contributed by atoms with Crippen molar-refractivity contribution in [3.63, 3.8) is 0 Å². The minimum atomic E-state index is -2.00. The van der Waals surface area contributed by atoms with Crippen LogP contribution in [0.25, 0.3) is 0 Å². The van der Waals surface area contributed by atoms with Crippen LogP contribution in [0.2, 0.25) is 0 Å². The smallest absolute Gasteiger partial charge is 0.229 e. The second kappa shape index (κ2) is 30.4. The van der Waals surface area contributed by atoms with Crippen molar-refractivity contribution >= 4 is 16.5 Å². The van der Waals surface area contributed by atoms with Gasteiger partial charge in [0.2, 0.25) is 0 Å². The van der Waals surface area contributed by atoms with E-state index in [1.165, 1.54) is 14.2 Å². The number of hydrogen-bond donors (Lipinski definition) is 0. The van der Waals surface area contributed by atoms with Crippen LogP contribution in [0.3, 0.4) is 0 Å². The van der Waals surface area contributed by atoms with Gasteiger partial charge in [-0.2, -0.15) is 0 Å². The third-order valence-corrected chi connectivity index (χ3v) is 4.13. The fraction of sp³-hybridized carbons (Fsp3) is 0.308. The summed E-state index contributed by atoms with van der Waals surface area (Å²) in [4.78, 5) is 0. The molecular weight excluding hydrogens is 470 g/mol. The average Bonchev–Trinajstić information content (AvgIpc) is 2.94. The van der Waals surface area contributed by atoms with E-state index in [1.54, 1.807) is 48.5 Å². The van der Waals surface area contributed by atoms with E-state index in [0.29, 0.717) is 11.5 Å². The summed E-state index contributed by atoms with van der Waals surface area (Å²) in [6.45, 7) is 12.0. The highest BCUT2D eigenvalue weighted by molar-refractivity contribution is 7.34. The quantitative estimate of drug-likeness (QED) is 0.308. The molecule has 3 aromatic carbocycles. The molecule has 188 valence electrons. The molecule has 0 heterocycles. The Morgan fingerprint density at radius 1 is 0.441 bits per heavy atom. The lowest BCUT2D eigenvalue weighted by molar-refractivity contribution is 0.348. The van der Waals surface area contributed by atoms with E-state index in [1.807, 2.05) is 90.1 Å². The molecule has 3 aromatic rings. The Balaban J connectivity index is -0.000000392. The van der Waals surface area contributed by atoms with Crippen LogP contribution in [0, 0.1) is 0 Å². The zero-order valence-electron chi connectivity index (χ0n) is 21.6. The predicted molar refractivity (Wildman–Crippen MR) is 144 cm³/mol. The fourth-order valence-electron chi connectivity index (χ4n) is 1.59. The first-order valence-electron chi connectivity index (χ1n) is 11.1. The van der Waals surface area contributed by atoms with Crippen LogP contribution >= 0.6 is 16.5 Å². The molecule has 0 aliphatic heterocycles. The molecule has 0 aromatic heterocycles. The molecule has 2 unspecified atom stereocenters.